The molecule has 1 aromatic carbocycles. The van der Waals surface area contributed by atoms with E-state index in [1.165, 1.54) is 24.3 Å². The molecule has 72 valence electrons. The molecule has 0 radical (unpaired) electrons. The summed E-state index contributed by atoms with van der Waals surface area (Å²) in [7, 11) is -4.34. The van der Waals surface area contributed by atoms with Gasteiger partial charge in [0.15, 0.2) is 5.94 Å². The molecule has 0 atom stereocenters. The van der Waals surface area contributed by atoms with Gasteiger partial charge in [-0.05, 0) is 24.3 Å². The third-order valence-corrected chi connectivity index (χ3v) is 1.84. The molecular formula is C7H6ClNaO4S. The van der Waals surface area contributed by atoms with E-state index in [9.17, 15) is 13.0 Å². The SMILES string of the molecule is O=S(=O)([O-])COc1ccc(Cl)cc1.[Na+]. The second-order valence-electron chi connectivity index (χ2n) is 2.27. The topological polar surface area (TPSA) is 66.4 Å². The molecule has 0 saturated carbocycles. The van der Waals surface area contributed by atoms with E-state index < -0.39 is 16.1 Å². The second kappa shape index (κ2) is 5.95. The summed E-state index contributed by atoms with van der Waals surface area (Å²) in [5.74, 6) is -0.571. The van der Waals surface area contributed by atoms with Crippen LogP contribution in [0.4, 0.5) is 0 Å². The van der Waals surface area contributed by atoms with Gasteiger partial charge in [-0.3, -0.25) is 0 Å². The molecule has 0 unspecified atom stereocenters. The Morgan fingerprint density at radius 3 is 2.21 bits per heavy atom. The Labute approximate surface area is 109 Å². The smallest absolute Gasteiger partial charge is 0.745 e. The van der Waals surface area contributed by atoms with Crippen LogP contribution < -0.4 is 34.3 Å². The zero-order valence-corrected chi connectivity index (χ0v) is 11.0. The van der Waals surface area contributed by atoms with E-state index in [4.69, 9.17) is 11.6 Å². The van der Waals surface area contributed by atoms with Crippen molar-refractivity contribution in [3.05, 3.63) is 29.3 Å². The molecule has 4 nitrogen and oxygen atoms in total. The largest absolute Gasteiger partial charge is 1.00 e. The van der Waals surface area contributed by atoms with Crippen molar-refractivity contribution in [1.29, 1.82) is 0 Å². The molecule has 1 aromatic rings. The normalized spacial score (nSPS) is 10.4. The van der Waals surface area contributed by atoms with E-state index in [1.807, 2.05) is 0 Å². The molecule has 0 saturated heterocycles. The van der Waals surface area contributed by atoms with Crippen LogP contribution in [0.2, 0.25) is 5.02 Å². The fourth-order valence-electron chi connectivity index (χ4n) is 0.671. The first-order valence-electron chi connectivity index (χ1n) is 3.29. The zero-order chi connectivity index (χ0) is 9.90. The first kappa shape index (κ1) is 14.2. The summed E-state index contributed by atoms with van der Waals surface area (Å²) >= 11 is 5.57. The van der Waals surface area contributed by atoms with Gasteiger partial charge in [0.1, 0.15) is 15.9 Å². The Kier molecular flexibility index (Phi) is 6.04. The number of halogens is 1. The van der Waals surface area contributed by atoms with Crippen LogP contribution in [0.15, 0.2) is 24.3 Å². The minimum absolute atomic E-state index is 0. The van der Waals surface area contributed by atoms with Crippen molar-refractivity contribution in [1.82, 2.24) is 0 Å². The summed E-state index contributed by atoms with van der Waals surface area (Å²) in [6.07, 6.45) is 0. The number of hydrogen-bond acceptors (Lipinski definition) is 4. The Hall–Kier alpha value is 0.220. The molecule has 7 heteroatoms. The van der Waals surface area contributed by atoms with Gasteiger partial charge in [-0.15, -0.1) is 0 Å². The van der Waals surface area contributed by atoms with Crippen LogP contribution >= 0.6 is 11.6 Å². The van der Waals surface area contributed by atoms with Gasteiger partial charge in [0.05, 0.1) is 0 Å². The molecule has 0 N–H and O–H groups in total. The third-order valence-electron chi connectivity index (χ3n) is 1.18. The molecule has 0 spiro atoms. The molecule has 1 rings (SSSR count). The quantitative estimate of drug-likeness (QED) is 0.466. The van der Waals surface area contributed by atoms with Crippen LogP contribution in [0.3, 0.4) is 0 Å². The van der Waals surface area contributed by atoms with Crippen molar-refractivity contribution in [2.45, 2.75) is 0 Å². The molecule has 0 fully saturated rings. The van der Waals surface area contributed by atoms with Crippen molar-refractivity contribution in [2.24, 2.45) is 0 Å². The average molecular weight is 245 g/mol. The van der Waals surface area contributed by atoms with Gasteiger partial charge in [-0.25, -0.2) is 8.42 Å². The van der Waals surface area contributed by atoms with Gasteiger partial charge in [-0.2, -0.15) is 0 Å². The Morgan fingerprint density at radius 1 is 1.29 bits per heavy atom. The Morgan fingerprint density at radius 2 is 1.79 bits per heavy atom. The fourth-order valence-corrected chi connectivity index (χ4v) is 1.08. The van der Waals surface area contributed by atoms with E-state index in [1.54, 1.807) is 0 Å². The molecule has 0 aliphatic heterocycles. The van der Waals surface area contributed by atoms with Crippen molar-refractivity contribution in [3.8, 4) is 5.75 Å². The van der Waals surface area contributed by atoms with E-state index in [2.05, 4.69) is 4.74 Å². The van der Waals surface area contributed by atoms with Crippen LogP contribution in [0.25, 0.3) is 0 Å². The average Bonchev–Trinajstić information content (AvgIpc) is 2.02. The summed E-state index contributed by atoms with van der Waals surface area (Å²) in [4.78, 5) is 0. The molecule has 0 aliphatic rings. The van der Waals surface area contributed by atoms with Crippen molar-refractivity contribution in [3.63, 3.8) is 0 Å². The predicted octanol–water partition coefficient (Wildman–Crippen LogP) is -1.77. The molecule has 0 aromatic heterocycles. The summed E-state index contributed by atoms with van der Waals surface area (Å²) in [5, 5.41) is 0.511. The summed E-state index contributed by atoms with van der Waals surface area (Å²) in [6, 6.07) is 6.03. The summed E-state index contributed by atoms with van der Waals surface area (Å²) in [5.41, 5.74) is 0. The van der Waals surface area contributed by atoms with Gasteiger partial charge in [0.2, 0.25) is 0 Å². The summed E-state index contributed by atoms with van der Waals surface area (Å²) in [6.45, 7) is 0. The van der Waals surface area contributed by atoms with E-state index in [0.29, 0.717) is 10.8 Å². The minimum Gasteiger partial charge on any atom is -0.745 e. The molecule has 0 amide bonds. The number of rotatable bonds is 3. The van der Waals surface area contributed by atoms with Gasteiger partial charge in [-0.1, -0.05) is 11.6 Å². The predicted molar refractivity (Wildman–Crippen MR) is 46.6 cm³/mol. The Balaban J connectivity index is 0.00000169. The van der Waals surface area contributed by atoms with Crippen LogP contribution in [-0.4, -0.2) is 18.9 Å². The van der Waals surface area contributed by atoms with Gasteiger partial charge in [0.25, 0.3) is 0 Å². The van der Waals surface area contributed by atoms with E-state index in [-0.39, 0.29) is 29.6 Å². The second-order valence-corrected chi connectivity index (χ2v) is 4.06. The number of hydrogen-bond donors (Lipinski definition) is 0. The first-order chi connectivity index (χ1) is 5.97. The third kappa shape index (κ3) is 5.85. The van der Waals surface area contributed by atoms with Crippen molar-refractivity contribution in [2.75, 3.05) is 5.94 Å². The molecule has 14 heavy (non-hydrogen) atoms. The van der Waals surface area contributed by atoms with Crippen LogP contribution in [0.1, 0.15) is 0 Å². The minimum atomic E-state index is -4.34. The zero-order valence-electron chi connectivity index (χ0n) is 7.44. The standard InChI is InChI=1S/C7H7ClO4S.Na/c8-6-1-3-7(4-2-6)12-5-13(9,10)11;/h1-4H,5H2,(H,9,10,11);/q;+1/p-1. The maximum atomic E-state index is 10.2. The van der Waals surface area contributed by atoms with Crippen molar-refractivity contribution >= 4 is 21.7 Å². The summed E-state index contributed by atoms with van der Waals surface area (Å²) < 4.78 is 35.2. The van der Waals surface area contributed by atoms with E-state index >= 15 is 0 Å². The number of ether oxygens (including phenoxy) is 1. The molecule has 0 aliphatic carbocycles. The van der Waals surface area contributed by atoms with Crippen LogP contribution in [0, 0.1) is 0 Å². The first-order valence-corrected chi connectivity index (χ1v) is 5.25. The van der Waals surface area contributed by atoms with Crippen molar-refractivity contribution < 1.29 is 47.3 Å². The maximum absolute atomic E-state index is 10.2. The Bertz CT molecular complexity index is 375. The monoisotopic (exact) mass is 244 g/mol. The molecule has 0 bridgehead atoms. The van der Waals surface area contributed by atoms with Gasteiger partial charge >= 0.3 is 29.6 Å². The van der Waals surface area contributed by atoms with Crippen LogP contribution in [0.5, 0.6) is 5.75 Å². The maximum Gasteiger partial charge on any atom is 1.00 e. The van der Waals surface area contributed by atoms with Crippen LogP contribution in [-0.2, 0) is 10.1 Å². The van der Waals surface area contributed by atoms with Gasteiger partial charge < -0.3 is 9.29 Å². The van der Waals surface area contributed by atoms with E-state index in [0.717, 1.165) is 0 Å². The molecule has 0 heterocycles. The fraction of sp³-hybridized carbons (Fsp3) is 0.143. The number of benzene rings is 1. The van der Waals surface area contributed by atoms with Gasteiger partial charge in [0, 0.05) is 5.02 Å². The molecular weight excluding hydrogens is 239 g/mol.